The molecule has 0 saturated heterocycles. The van der Waals surface area contributed by atoms with Gasteiger partial charge in [0, 0.05) is 17.1 Å². The Kier molecular flexibility index (Phi) is 9.35. The molecule has 7 nitrogen and oxygen atoms in total. The van der Waals surface area contributed by atoms with Crippen molar-refractivity contribution in [3.05, 3.63) is 64.1 Å². The van der Waals surface area contributed by atoms with Crippen LogP contribution in [0.2, 0.25) is 0 Å². The van der Waals surface area contributed by atoms with Crippen LogP contribution in [0.5, 0.6) is 0 Å². The van der Waals surface area contributed by atoms with Crippen molar-refractivity contribution in [2.75, 3.05) is 17.1 Å². The highest BCUT2D eigenvalue weighted by atomic mass is 79.9. The van der Waals surface area contributed by atoms with Crippen molar-refractivity contribution < 1.29 is 18.0 Å². The number of sulfonamides is 1. The molecule has 2 aromatic rings. The Bertz CT molecular complexity index is 1110. The summed E-state index contributed by atoms with van der Waals surface area (Å²) in [6.07, 6.45) is 6.30. The standard InChI is InChI=1S/C26H34BrN3O4S/c1-19-9-15-24(16-10-19)30(35(3,33)34)18-25(31)29(17-21-11-13-22(27)14-12-21)20(2)26(32)28-23-7-5-4-6-8-23/h9-16,20,23H,4-8,17-18H2,1-3H3,(H,28,32)/t20-/m1/s1. The van der Waals surface area contributed by atoms with Gasteiger partial charge in [0.2, 0.25) is 21.8 Å². The zero-order valence-electron chi connectivity index (χ0n) is 20.5. The molecule has 3 rings (SSSR count). The Labute approximate surface area is 217 Å². The number of rotatable bonds is 9. The monoisotopic (exact) mass is 563 g/mol. The fourth-order valence-corrected chi connectivity index (χ4v) is 5.38. The minimum Gasteiger partial charge on any atom is -0.352 e. The SMILES string of the molecule is Cc1ccc(N(CC(=O)N(Cc2ccc(Br)cc2)[C@H](C)C(=O)NC2CCCCC2)S(C)(=O)=O)cc1. The second kappa shape index (κ2) is 12.0. The molecule has 190 valence electrons. The van der Waals surface area contributed by atoms with E-state index in [0.717, 1.165) is 51.8 Å². The van der Waals surface area contributed by atoms with Crippen LogP contribution < -0.4 is 9.62 Å². The second-order valence-corrected chi connectivity index (χ2v) is 12.1. The minimum atomic E-state index is -3.73. The van der Waals surface area contributed by atoms with Gasteiger partial charge in [-0.2, -0.15) is 0 Å². The highest BCUT2D eigenvalue weighted by Crippen LogP contribution is 2.21. The Morgan fingerprint density at radius 3 is 2.20 bits per heavy atom. The van der Waals surface area contributed by atoms with Crippen molar-refractivity contribution >= 4 is 43.5 Å². The lowest BCUT2D eigenvalue weighted by atomic mass is 9.95. The van der Waals surface area contributed by atoms with Crippen molar-refractivity contribution in [2.45, 2.75) is 64.6 Å². The number of anilines is 1. The first-order valence-electron chi connectivity index (χ1n) is 11.9. The van der Waals surface area contributed by atoms with Gasteiger partial charge in [0.05, 0.1) is 11.9 Å². The molecule has 0 radical (unpaired) electrons. The van der Waals surface area contributed by atoms with Crippen LogP contribution in [0.15, 0.2) is 53.0 Å². The predicted molar refractivity (Wildman–Crippen MR) is 143 cm³/mol. The number of hydrogen-bond acceptors (Lipinski definition) is 4. The number of nitrogens with one attached hydrogen (secondary N) is 1. The van der Waals surface area contributed by atoms with Gasteiger partial charge in [0.1, 0.15) is 12.6 Å². The maximum absolute atomic E-state index is 13.6. The number of aryl methyl sites for hydroxylation is 1. The molecule has 1 N–H and O–H groups in total. The lowest BCUT2D eigenvalue weighted by molar-refractivity contribution is -0.139. The Morgan fingerprint density at radius 2 is 1.63 bits per heavy atom. The van der Waals surface area contributed by atoms with Crippen molar-refractivity contribution in [3.63, 3.8) is 0 Å². The van der Waals surface area contributed by atoms with Gasteiger partial charge in [-0.15, -0.1) is 0 Å². The van der Waals surface area contributed by atoms with Crippen LogP contribution in [-0.4, -0.2) is 50.0 Å². The number of nitrogens with zero attached hydrogens (tertiary/aromatic N) is 2. The van der Waals surface area contributed by atoms with Gasteiger partial charge in [-0.25, -0.2) is 8.42 Å². The number of halogens is 1. The van der Waals surface area contributed by atoms with E-state index in [1.54, 1.807) is 31.2 Å². The van der Waals surface area contributed by atoms with Gasteiger partial charge in [-0.1, -0.05) is 65.0 Å². The van der Waals surface area contributed by atoms with E-state index in [1.807, 2.05) is 31.2 Å². The molecular formula is C26H34BrN3O4S. The van der Waals surface area contributed by atoms with Crippen LogP contribution in [-0.2, 0) is 26.2 Å². The van der Waals surface area contributed by atoms with E-state index in [2.05, 4.69) is 21.2 Å². The van der Waals surface area contributed by atoms with Crippen molar-refractivity contribution in [3.8, 4) is 0 Å². The number of hydrogen-bond donors (Lipinski definition) is 1. The van der Waals surface area contributed by atoms with Gasteiger partial charge in [-0.05, 0) is 56.5 Å². The third-order valence-electron chi connectivity index (χ3n) is 6.39. The summed E-state index contributed by atoms with van der Waals surface area (Å²) in [5.41, 5.74) is 2.24. The summed E-state index contributed by atoms with van der Waals surface area (Å²) in [7, 11) is -3.73. The van der Waals surface area contributed by atoms with Crippen molar-refractivity contribution in [1.82, 2.24) is 10.2 Å². The molecule has 1 atom stereocenters. The van der Waals surface area contributed by atoms with Crippen molar-refractivity contribution in [2.24, 2.45) is 0 Å². The molecule has 1 aliphatic rings. The lowest BCUT2D eigenvalue weighted by Gasteiger charge is -2.33. The average molecular weight is 565 g/mol. The molecule has 0 bridgehead atoms. The normalized spacial score (nSPS) is 15.3. The van der Waals surface area contributed by atoms with Crippen LogP contribution in [0.3, 0.4) is 0 Å². The molecule has 0 heterocycles. The largest absolute Gasteiger partial charge is 0.352 e. The van der Waals surface area contributed by atoms with Crippen molar-refractivity contribution in [1.29, 1.82) is 0 Å². The molecule has 9 heteroatoms. The fourth-order valence-electron chi connectivity index (χ4n) is 4.26. The summed E-state index contributed by atoms with van der Waals surface area (Å²) in [6, 6.07) is 13.8. The molecule has 0 aromatic heterocycles. The highest BCUT2D eigenvalue weighted by molar-refractivity contribution is 9.10. The topological polar surface area (TPSA) is 86.8 Å². The number of carbonyl (C=O) groups is 2. The average Bonchev–Trinajstić information content (AvgIpc) is 2.82. The number of amides is 2. The highest BCUT2D eigenvalue weighted by Gasteiger charge is 2.31. The van der Waals surface area contributed by atoms with Gasteiger partial charge in [0.15, 0.2) is 0 Å². The zero-order chi connectivity index (χ0) is 25.6. The molecule has 1 fully saturated rings. The Balaban J connectivity index is 1.85. The van der Waals surface area contributed by atoms with E-state index in [9.17, 15) is 18.0 Å². The molecule has 2 aromatic carbocycles. The second-order valence-electron chi connectivity index (χ2n) is 9.27. The summed E-state index contributed by atoms with van der Waals surface area (Å²) in [6.45, 7) is 3.41. The molecule has 35 heavy (non-hydrogen) atoms. The molecular weight excluding hydrogens is 530 g/mol. The fraction of sp³-hybridized carbons (Fsp3) is 0.462. The predicted octanol–water partition coefficient (Wildman–Crippen LogP) is 4.39. The summed E-state index contributed by atoms with van der Waals surface area (Å²) in [5, 5.41) is 3.10. The van der Waals surface area contributed by atoms with E-state index in [1.165, 1.54) is 11.3 Å². The van der Waals surface area contributed by atoms with E-state index < -0.39 is 22.0 Å². The third kappa shape index (κ3) is 7.80. The van der Waals surface area contributed by atoms with Gasteiger partial charge < -0.3 is 10.2 Å². The van der Waals surface area contributed by atoms with Crippen LogP contribution in [0, 0.1) is 6.92 Å². The quantitative estimate of drug-likeness (QED) is 0.490. The maximum Gasteiger partial charge on any atom is 0.244 e. The number of benzene rings is 2. The first-order valence-corrected chi connectivity index (χ1v) is 14.6. The molecule has 0 aliphatic heterocycles. The van der Waals surface area contributed by atoms with E-state index in [-0.39, 0.29) is 25.0 Å². The van der Waals surface area contributed by atoms with Gasteiger partial charge >= 0.3 is 0 Å². The first kappa shape index (κ1) is 27.2. The molecule has 1 aliphatic carbocycles. The van der Waals surface area contributed by atoms with E-state index >= 15 is 0 Å². The van der Waals surface area contributed by atoms with Crippen LogP contribution in [0.25, 0.3) is 0 Å². The molecule has 1 saturated carbocycles. The third-order valence-corrected chi connectivity index (χ3v) is 8.06. The van der Waals surface area contributed by atoms with Gasteiger partial charge in [-0.3, -0.25) is 13.9 Å². The summed E-state index contributed by atoms with van der Waals surface area (Å²) in [4.78, 5) is 28.2. The number of carbonyl (C=O) groups excluding carboxylic acids is 2. The first-order chi connectivity index (χ1) is 16.5. The van der Waals surface area contributed by atoms with Crippen LogP contribution in [0.1, 0.15) is 50.2 Å². The lowest BCUT2D eigenvalue weighted by Crippen LogP contribution is -2.52. The van der Waals surface area contributed by atoms with E-state index in [4.69, 9.17) is 0 Å². The zero-order valence-corrected chi connectivity index (χ0v) is 22.9. The molecule has 2 amide bonds. The Hall–Kier alpha value is -2.39. The Morgan fingerprint density at radius 1 is 1.03 bits per heavy atom. The minimum absolute atomic E-state index is 0.114. The smallest absolute Gasteiger partial charge is 0.244 e. The molecule has 0 unspecified atom stereocenters. The van der Waals surface area contributed by atoms with Gasteiger partial charge in [0.25, 0.3) is 0 Å². The summed E-state index contributed by atoms with van der Waals surface area (Å²) < 4.78 is 27.2. The summed E-state index contributed by atoms with van der Waals surface area (Å²) in [5.74, 6) is -0.659. The van der Waals surface area contributed by atoms with Crippen LogP contribution in [0.4, 0.5) is 5.69 Å². The maximum atomic E-state index is 13.6. The van der Waals surface area contributed by atoms with Crippen LogP contribution >= 0.6 is 15.9 Å². The summed E-state index contributed by atoms with van der Waals surface area (Å²) >= 11 is 3.42. The molecule has 0 spiro atoms. The van der Waals surface area contributed by atoms with E-state index in [0.29, 0.717) is 5.69 Å².